The number of phenolic OH excluding ortho intramolecular Hbond substituents is 1. The van der Waals surface area contributed by atoms with Crippen LogP contribution >= 0.6 is 10.9 Å². The van der Waals surface area contributed by atoms with Crippen molar-refractivity contribution in [2.75, 3.05) is 0 Å². The van der Waals surface area contributed by atoms with Gasteiger partial charge in [-0.1, -0.05) is 10.9 Å². The molecule has 3 N–H and O–H groups in total. The van der Waals surface area contributed by atoms with Crippen LogP contribution in [0.1, 0.15) is 0 Å². The highest BCUT2D eigenvalue weighted by molar-refractivity contribution is 8.19. The Labute approximate surface area is 65.3 Å². The van der Waals surface area contributed by atoms with E-state index < -0.39 is 10.9 Å². The minimum atomic E-state index is -3.88. The van der Waals surface area contributed by atoms with Crippen LogP contribution in [0.3, 0.4) is 0 Å². The van der Waals surface area contributed by atoms with Crippen molar-refractivity contribution in [1.29, 1.82) is 0 Å². The Balaban J connectivity index is 2.99. The van der Waals surface area contributed by atoms with Crippen molar-refractivity contribution >= 4 is 10.9 Å². The third-order valence-electron chi connectivity index (χ3n) is 1.14. The van der Waals surface area contributed by atoms with Crippen LogP contribution in [0.2, 0.25) is 0 Å². The average Bonchev–Trinajstić information content (AvgIpc) is 1.86. The lowest BCUT2D eigenvalue weighted by molar-refractivity contribution is 0.360. The van der Waals surface area contributed by atoms with Crippen molar-refractivity contribution in [3.63, 3.8) is 0 Å². The van der Waals surface area contributed by atoms with Gasteiger partial charge in [-0.3, -0.25) is 0 Å². The zero-order chi connectivity index (χ0) is 8.48. The van der Waals surface area contributed by atoms with Crippen LogP contribution in [-0.4, -0.2) is 18.8 Å². The number of aromatic hydroxyl groups is 1. The standard InChI is InChI=1S/C6H8O4S/c7-5-1-3-6(4-2-5)11(8,9)10/h1-4,7-10H/p-1. The summed E-state index contributed by atoms with van der Waals surface area (Å²) >= 11 is 0. The monoisotopic (exact) mass is 175 g/mol. The van der Waals surface area contributed by atoms with Crippen LogP contribution in [0, 0.1) is 0 Å². The molecule has 0 aliphatic rings. The van der Waals surface area contributed by atoms with Gasteiger partial charge in [0.05, 0.1) is 0 Å². The predicted molar refractivity (Wildman–Crippen MR) is 40.0 cm³/mol. The first-order valence-electron chi connectivity index (χ1n) is 2.78. The van der Waals surface area contributed by atoms with Crippen LogP contribution in [0.25, 0.3) is 0 Å². The van der Waals surface area contributed by atoms with E-state index >= 15 is 0 Å². The molecular weight excluding hydrogens is 168 g/mol. The van der Waals surface area contributed by atoms with Crippen molar-refractivity contribution in [1.82, 2.24) is 0 Å². The molecule has 0 aliphatic heterocycles. The molecule has 1 aromatic rings. The van der Waals surface area contributed by atoms with E-state index in [9.17, 15) is 4.55 Å². The van der Waals surface area contributed by atoms with Gasteiger partial charge in [0, 0.05) is 4.90 Å². The van der Waals surface area contributed by atoms with E-state index in [1.807, 2.05) is 0 Å². The maximum atomic E-state index is 10.5. The van der Waals surface area contributed by atoms with E-state index in [1.54, 1.807) is 0 Å². The van der Waals surface area contributed by atoms with Crippen LogP contribution in [0.5, 0.6) is 5.75 Å². The van der Waals surface area contributed by atoms with Gasteiger partial charge in [-0.25, -0.2) is 0 Å². The molecule has 0 heterocycles. The molecule has 0 atom stereocenters. The van der Waals surface area contributed by atoms with Gasteiger partial charge in [0.1, 0.15) is 5.75 Å². The van der Waals surface area contributed by atoms with Crippen LogP contribution < -0.4 is 0 Å². The highest BCUT2D eigenvalue weighted by Gasteiger charge is 2.03. The molecule has 0 amide bonds. The van der Waals surface area contributed by atoms with Crippen molar-refractivity contribution in [3.8, 4) is 5.75 Å². The quantitative estimate of drug-likeness (QED) is 0.605. The van der Waals surface area contributed by atoms with Crippen molar-refractivity contribution in [2.24, 2.45) is 0 Å². The first-order valence-corrected chi connectivity index (χ1v) is 4.25. The van der Waals surface area contributed by atoms with E-state index in [0.29, 0.717) is 0 Å². The maximum absolute atomic E-state index is 10.5. The molecule has 0 unspecified atom stereocenters. The molecule has 1 rings (SSSR count). The van der Waals surface area contributed by atoms with Gasteiger partial charge in [-0.15, -0.1) is 0 Å². The number of rotatable bonds is 1. The Kier molecular flexibility index (Phi) is 2.05. The first-order chi connectivity index (χ1) is 5.00. The summed E-state index contributed by atoms with van der Waals surface area (Å²) in [6.45, 7) is 0. The lowest BCUT2D eigenvalue weighted by Gasteiger charge is -2.33. The molecule has 0 fully saturated rings. The molecule has 4 nitrogen and oxygen atoms in total. The number of benzene rings is 1. The zero-order valence-corrected chi connectivity index (χ0v) is 6.28. The molecular formula is C6H7O4S-. The highest BCUT2D eigenvalue weighted by atomic mass is 32.3. The number of phenols is 1. The van der Waals surface area contributed by atoms with Crippen molar-refractivity contribution < 1.29 is 18.8 Å². The molecule has 0 bridgehead atoms. The first kappa shape index (κ1) is 8.35. The number of hydrogen-bond donors (Lipinski definition) is 3. The summed E-state index contributed by atoms with van der Waals surface area (Å²) in [5.41, 5.74) is 0. The van der Waals surface area contributed by atoms with E-state index in [4.69, 9.17) is 14.2 Å². The van der Waals surface area contributed by atoms with E-state index in [2.05, 4.69) is 0 Å². The van der Waals surface area contributed by atoms with E-state index in [-0.39, 0.29) is 10.6 Å². The van der Waals surface area contributed by atoms with Gasteiger partial charge < -0.3 is 18.8 Å². The molecule has 11 heavy (non-hydrogen) atoms. The lowest BCUT2D eigenvalue weighted by atomic mass is 10.3. The second-order valence-electron chi connectivity index (χ2n) is 1.99. The molecule has 0 saturated carbocycles. The number of hydrogen-bond acceptors (Lipinski definition) is 4. The third-order valence-corrected chi connectivity index (χ3v) is 2.03. The predicted octanol–water partition coefficient (Wildman–Crippen LogP) is 1.63. The summed E-state index contributed by atoms with van der Waals surface area (Å²) in [6, 6.07) is 4.80. The summed E-state index contributed by atoms with van der Waals surface area (Å²) < 4.78 is 27.7. The molecule has 0 spiro atoms. The Morgan fingerprint density at radius 3 is 1.91 bits per heavy atom. The van der Waals surface area contributed by atoms with E-state index in [0.717, 1.165) is 0 Å². The fourth-order valence-corrected chi connectivity index (χ4v) is 1.11. The second-order valence-corrected chi connectivity index (χ2v) is 3.46. The Morgan fingerprint density at radius 1 is 1.09 bits per heavy atom. The molecule has 1 aromatic carbocycles. The van der Waals surface area contributed by atoms with Gasteiger partial charge >= 0.3 is 0 Å². The molecule has 0 aromatic heterocycles. The smallest absolute Gasteiger partial charge is 0.115 e. The van der Waals surface area contributed by atoms with E-state index in [1.165, 1.54) is 24.3 Å². The highest BCUT2D eigenvalue weighted by Crippen LogP contribution is 2.43. The summed E-state index contributed by atoms with van der Waals surface area (Å²) in [5, 5.41) is 8.77. The maximum Gasteiger partial charge on any atom is 0.115 e. The summed E-state index contributed by atoms with van der Waals surface area (Å²) in [6.07, 6.45) is 0. The normalized spacial score (nSPS) is 13.0. The molecule has 5 heteroatoms. The third kappa shape index (κ3) is 2.09. The summed E-state index contributed by atoms with van der Waals surface area (Å²) in [4.78, 5) is -0.115. The largest absolute Gasteiger partial charge is 0.769 e. The Bertz CT molecular complexity index is 238. The Hall–Kier alpha value is -0.750. The average molecular weight is 175 g/mol. The molecule has 0 aliphatic carbocycles. The zero-order valence-electron chi connectivity index (χ0n) is 5.47. The van der Waals surface area contributed by atoms with Crippen LogP contribution in [0.15, 0.2) is 29.2 Å². The lowest BCUT2D eigenvalue weighted by Crippen LogP contribution is -1.94. The molecule has 62 valence electrons. The summed E-state index contributed by atoms with van der Waals surface area (Å²) in [7, 11) is -3.88. The van der Waals surface area contributed by atoms with Gasteiger partial charge in [-0.2, -0.15) is 0 Å². The Morgan fingerprint density at radius 2 is 1.55 bits per heavy atom. The minimum absolute atomic E-state index is 0.0163. The van der Waals surface area contributed by atoms with Gasteiger partial charge in [0.25, 0.3) is 0 Å². The van der Waals surface area contributed by atoms with Crippen molar-refractivity contribution in [3.05, 3.63) is 24.3 Å². The molecule has 0 saturated heterocycles. The fourth-order valence-electron chi connectivity index (χ4n) is 0.623. The van der Waals surface area contributed by atoms with Crippen LogP contribution in [-0.2, 0) is 0 Å². The molecule has 0 radical (unpaired) electrons. The van der Waals surface area contributed by atoms with Gasteiger partial charge in [0.2, 0.25) is 0 Å². The SMILES string of the molecule is [O-]S(O)(O)c1ccc(O)cc1. The fraction of sp³-hybridized carbons (Fsp3) is 0. The van der Waals surface area contributed by atoms with Crippen molar-refractivity contribution in [2.45, 2.75) is 4.90 Å². The van der Waals surface area contributed by atoms with Gasteiger partial charge in [-0.05, 0) is 24.3 Å². The second kappa shape index (κ2) is 2.71. The summed E-state index contributed by atoms with van der Waals surface area (Å²) in [5.74, 6) is -0.0163. The topological polar surface area (TPSA) is 83.8 Å². The van der Waals surface area contributed by atoms with Gasteiger partial charge in [0.15, 0.2) is 0 Å². The minimum Gasteiger partial charge on any atom is -0.769 e. The van der Waals surface area contributed by atoms with Crippen LogP contribution in [0.4, 0.5) is 0 Å².